The van der Waals surface area contributed by atoms with Gasteiger partial charge in [0.1, 0.15) is 12.4 Å². The van der Waals surface area contributed by atoms with Crippen molar-refractivity contribution in [2.75, 3.05) is 34.7 Å². The Balaban J connectivity index is 1.90. The Labute approximate surface area is 183 Å². The average molecular weight is 430 g/mol. The van der Waals surface area contributed by atoms with Gasteiger partial charge < -0.3 is 28.8 Å². The van der Waals surface area contributed by atoms with E-state index < -0.39 is 6.10 Å². The molecule has 0 unspecified atom stereocenters. The minimum absolute atomic E-state index is 0.0874. The fourth-order valence-corrected chi connectivity index (χ4v) is 3.49. The summed E-state index contributed by atoms with van der Waals surface area (Å²) in [7, 11) is 4.74. The summed E-state index contributed by atoms with van der Waals surface area (Å²) in [6.45, 7) is 4.89. The normalized spacial score (nSPS) is 16.6. The zero-order valence-corrected chi connectivity index (χ0v) is 18.8. The van der Waals surface area contributed by atoms with Gasteiger partial charge in [-0.15, -0.1) is 0 Å². The summed E-state index contributed by atoms with van der Waals surface area (Å²) < 4.78 is 27.4. The highest BCUT2D eigenvalue weighted by Crippen LogP contribution is 2.34. The van der Waals surface area contributed by atoms with Crippen LogP contribution in [0.15, 0.2) is 41.4 Å². The van der Waals surface area contributed by atoms with E-state index >= 15 is 0 Å². The van der Waals surface area contributed by atoms with Crippen molar-refractivity contribution >= 4 is 5.90 Å². The number of hydrogen-bond donors (Lipinski definition) is 1. The monoisotopic (exact) mass is 429 g/mol. The molecule has 31 heavy (non-hydrogen) atoms. The number of methoxy groups -OCH3 is 3. The SMILES string of the molecule is COCOc1cc([C@H](O)Cc2cccc(OC)c2C2=N[C@@H](C(C)C)CO2)ccc1OC. The van der Waals surface area contributed by atoms with Crippen molar-refractivity contribution in [3.63, 3.8) is 0 Å². The molecule has 0 amide bonds. The van der Waals surface area contributed by atoms with Crippen LogP contribution in [0.3, 0.4) is 0 Å². The van der Waals surface area contributed by atoms with Crippen LogP contribution in [0, 0.1) is 5.92 Å². The zero-order valence-electron chi connectivity index (χ0n) is 18.8. The summed E-state index contributed by atoms with van der Waals surface area (Å²) in [6.07, 6.45) is -0.415. The van der Waals surface area contributed by atoms with Gasteiger partial charge in [-0.05, 0) is 35.2 Å². The van der Waals surface area contributed by atoms with Crippen LogP contribution in [0.2, 0.25) is 0 Å². The Hall–Kier alpha value is -2.77. The molecule has 1 N–H and O–H groups in total. The largest absolute Gasteiger partial charge is 0.496 e. The quantitative estimate of drug-likeness (QED) is 0.580. The molecule has 0 spiro atoms. The molecule has 0 radical (unpaired) electrons. The van der Waals surface area contributed by atoms with Gasteiger partial charge in [-0.2, -0.15) is 0 Å². The lowest BCUT2D eigenvalue weighted by molar-refractivity contribution is 0.0488. The third-order valence-corrected chi connectivity index (χ3v) is 5.31. The highest BCUT2D eigenvalue weighted by molar-refractivity contribution is 5.99. The third-order valence-electron chi connectivity index (χ3n) is 5.31. The molecule has 2 aromatic carbocycles. The Morgan fingerprint density at radius 2 is 1.84 bits per heavy atom. The van der Waals surface area contributed by atoms with Gasteiger partial charge in [-0.25, -0.2) is 4.99 Å². The molecule has 3 rings (SSSR count). The van der Waals surface area contributed by atoms with Crippen LogP contribution in [0.5, 0.6) is 17.2 Å². The van der Waals surface area contributed by atoms with Crippen molar-refractivity contribution in [1.29, 1.82) is 0 Å². The zero-order chi connectivity index (χ0) is 22.4. The van der Waals surface area contributed by atoms with Gasteiger partial charge in [0.05, 0.1) is 31.9 Å². The van der Waals surface area contributed by atoms with Crippen molar-refractivity contribution < 1.29 is 28.8 Å². The van der Waals surface area contributed by atoms with Gasteiger partial charge in [-0.3, -0.25) is 0 Å². The molecule has 2 aromatic rings. The van der Waals surface area contributed by atoms with Crippen LogP contribution in [-0.4, -0.2) is 51.8 Å². The average Bonchev–Trinajstić information content (AvgIpc) is 3.27. The Bertz CT molecular complexity index is 911. The minimum atomic E-state index is -0.774. The van der Waals surface area contributed by atoms with E-state index in [1.165, 1.54) is 0 Å². The molecule has 0 aromatic heterocycles. The van der Waals surface area contributed by atoms with Gasteiger partial charge in [0.2, 0.25) is 5.90 Å². The first-order valence-corrected chi connectivity index (χ1v) is 10.3. The number of rotatable bonds is 10. The first-order valence-electron chi connectivity index (χ1n) is 10.3. The van der Waals surface area contributed by atoms with E-state index in [1.807, 2.05) is 24.3 Å². The van der Waals surface area contributed by atoms with E-state index in [9.17, 15) is 5.11 Å². The summed E-state index contributed by atoms with van der Waals surface area (Å²) in [5.41, 5.74) is 2.39. The maximum Gasteiger partial charge on any atom is 0.220 e. The Kier molecular flexibility index (Phi) is 7.76. The molecule has 168 valence electrons. The number of hydrogen-bond acceptors (Lipinski definition) is 7. The number of nitrogens with zero attached hydrogens (tertiary/aromatic N) is 1. The number of aliphatic imine (C=N–C) groups is 1. The second kappa shape index (κ2) is 10.5. The molecule has 2 atom stereocenters. The lowest BCUT2D eigenvalue weighted by atomic mass is 9.96. The van der Waals surface area contributed by atoms with Gasteiger partial charge >= 0.3 is 0 Å². The highest BCUT2D eigenvalue weighted by Gasteiger charge is 2.27. The van der Waals surface area contributed by atoms with E-state index in [2.05, 4.69) is 13.8 Å². The van der Waals surface area contributed by atoms with E-state index in [-0.39, 0.29) is 12.8 Å². The number of benzene rings is 2. The van der Waals surface area contributed by atoms with E-state index in [0.29, 0.717) is 47.7 Å². The van der Waals surface area contributed by atoms with Crippen LogP contribution >= 0.6 is 0 Å². The van der Waals surface area contributed by atoms with E-state index in [4.69, 9.17) is 28.7 Å². The van der Waals surface area contributed by atoms with Crippen LogP contribution in [0.25, 0.3) is 0 Å². The molecule has 1 aliphatic heterocycles. The molecule has 0 saturated heterocycles. The van der Waals surface area contributed by atoms with Crippen molar-refractivity contribution in [2.45, 2.75) is 32.4 Å². The summed E-state index contributed by atoms with van der Waals surface area (Å²) in [6, 6.07) is 11.2. The first-order chi connectivity index (χ1) is 15.0. The number of aliphatic hydroxyl groups is 1. The Morgan fingerprint density at radius 3 is 2.48 bits per heavy atom. The summed E-state index contributed by atoms with van der Waals surface area (Å²) in [5, 5.41) is 11.0. The standard InChI is InChI=1S/C24H31NO6/c1-15(2)18-13-30-24(25-18)23-17(7-6-8-21(23)29-5)11-19(26)16-9-10-20(28-4)22(12-16)31-14-27-3/h6-10,12,15,18-19,26H,11,13-14H2,1-5H3/t18-,19-/m1/s1. The maximum absolute atomic E-state index is 11.0. The topological polar surface area (TPSA) is 78.7 Å². The third kappa shape index (κ3) is 5.29. The highest BCUT2D eigenvalue weighted by atomic mass is 16.7. The summed E-state index contributed by atoms with van der Waals surface area (Å²) in [5.74, 6) is 2.70. The van der Waals surface area contributed by atoms with Crippen molar-refractivity contribution in [1.82, 2.24) is 0 Å². The molecule has 0 bridgehead atoms. The molecule has 7 heteroatoms. The molecule has 7 nitrogen and oxygen atoms in total. The van der Waals surface area contributed by atoms with Crippen LogP contribution in [0.4, 0.5) is 0 Å². The van der Waals surface area contributed by atoms with Crippen molar-refractivity contribution in [3.8, 4) is 17.2 Å². The fraction of sp³-hybridized carbons (Fsp3) is 0.458. The molecule has 0 saturated carbocycles. The fourth-order valence-electron chi connectivity index (χ4n) is 3.49. The van der Waals surface area contributed by atoms with Gasteiger partial charge in [-0.1, -0.05) is 32.0 Å². The lowest BCUT2D eigenvalue weighted by Gasteiger charge is -2.18. The molecule has 1 aliphatic rings. The number of ether oxygens (including phenoxy) is 5. The van der Waals surface area contributed by atoms with Crippen LogP contribution < -0.4 is 14.2 Å². The second-order valence-electron chi connectivity index (χ2n) is 7.73. The minimum Gasteiger partial charge on any atom is -0.496 e. The number of aliphatic hydroxyl groups excluding tert-OH is 1. The van der Waals surface area contributed by atoms with Gasteiger partial charge in [0.25, 0.3) is 0 Å². The molecule has 0 fully saturated rings. The predicted molar refractivity (Wildman–Crippen MR) is 118 cm³/mol. The van der Waals surface area contributed by atoms with Crippen molar-refractivity contribution in [2.24, 2.45) is 10.9 Å². The summed E-state index contributed by atoms with van der Waals surface area (Å²) in [4.78, 5) is 4.76. The second-order valence-corrected chi connectivity index (χ2v) is 7.73. The van der Waals surface area contributed by atoms with Gasteiger partial charge in [0.15, 0.2) is 18.3 Å². The molecular formula is C24H31NO6. The predicted octanol–water partition coefficient (Wildman–Crippen LogP) is 3.76. The molecular weight excluding hydrogens is 398 g/mol. The van der Waals surface area contributed by atoms with Crippen molar-refractivity contribution in [3.05, 3.63) is 53.1 Å². The first kappa shape index (κ1) is 22.9. The molecule has 1 heterocycles. The lowest BCUT2D eigenvalue weighted by Crippen LogP contribution is -2.13. The van der Waals surface area contributed by atoms with E-state index in [1.54, 1.807) is 33.5 Å². The van der Waals surface area contributed by atoms with Gasteiger partial charge in [0, 0.05) is 13.5 Å². The Morgan fingerprint density at radius 1 is 1.06 bits per heavy atom. The van der Waals surface area contributed by atoms with E-state index in [0.717, 1.165) is 11.1 Å². The maximum atomic E-state index is 11.0. The van der Waals surface area contributed by atoms with Crippen LogP contribution in [-0.2, 0) is 15.9 Å². The summed E-state index contributed by atoms with van der Waals surface area (Å²) >= 11 is 0. The van der Waals surface area contributed by atoms with Crippen LogP contribution in [0.1, 0.15) is 36.6 Å². The molecule has 0 aliphatic carbocycles. The smallest absolute Gasteiger partial charge is 0.220 e.